The minimum absolute atomic E-state index is 0. The molecule has 0 aliphatic heterocycles. The van der Waals surface area contributed by atoms with Crippen LogP contribution in [0.2, 0.25) is 5.02 Å². The third-order valence-corrected chi connectivity index (χ3v) is 5.08. The van der Waals surface area contributed by atoms with E-state index < -0.39 is 18.4 Å². The number of alkyl carbamates (subject to hydrolysis) is 1. The number of ether oxygens (including phenoxy) is 3. The first kappa shape index (κ1) is 27.8. The van der Waals surface area contributed by atoms with Crippen molar-refractivity contribution in [1.29, 1.82) is 0 Å². The van der Waals surface area contributed by atoms with Crippen molar-refractivity contribution in [2.24, 2.45) is 5.92 Å². The van der Waals surface area contributed by atoms with Gasteiger partial charge in [-0.2, -0.15) is 0 Å². The molecule has 0 heterocycles. The zero-order chi connectivity index (χ0) is 21.8. The van der Waals surface area contributed by atoms with Gasteiger partial charge in [0.05, 0.1) is 0 Å². The van der Waals surface area contributed by atoms with Crippen LogP contribution < -0.4 is 10.1 Å². The van der Waals surface area contributed by atoms with Crippen molar-refractivity contribution in [3.05, 3.63) is 29.3 Å². The van der Waals surface area contributed by atoms with E-state index in [2.05, 4.69) is 5.32 Å². The van der Waals surface area contributed by atoms with E-state index in [1.54, 1.807) is 24.3 Å². The number of rotatable bonds is 10. The third-order valence-electron chi connectivity index (χ3n) is 4.83. The molecule has 2 rings (SSSR count). The second-order valence-electron chi connectivity index (χ2n) is 7.37. The van der Waals surface area contributed by atoms with E-state index >= 15 is 0 Å². The van der Waals surface area contributed by atoms with Gasteiger partial charge in [-0.3, -0.25) is 9.59 Å². The molecular weight excluding hydrogens is 433 g/mol. The number of esters is 2. The fourth-order valence-corrected chi connectivity index (χ4v) is 3.40. The van der Waals surface area contributed by atoms with Gasteiger partial charge >= 0.3 is 47.6 Å². The van der Waals surface area contributed by atoms with Crippen LogP contribution in [0.3, 0.4) is 0 Å². The third kappa shape index (κ3) is 11.2. The van der Waals surface area contributed by atoms with E-state index in [-0.39, 0.29) is 54.4 Å². The average Bonchev–Trinajstić information content (AvgIpc) is 2.73. The van der Waals surface area contributed by atoms with E-state index in [0.717, 1.165) is 32.1 Å². The molecule has 1 N–H and O–H groups in total. The molecule has 1 aliphatic rings. The van der Waals surface area contributed by atoms with Gasteiger partial charge in [0.1, 0.15) is 5.75 Å². The van der Waals surface area contributed by atoms with Gasteiger partial charge in [0, 0.05) is 30.3 Å². The second-order valence-corrected chi connectivity index (χ2v) is 7.81. The molecule has 0 radical (unpaired) electrons. The van der Waals surface area contributed by atoms with Crippen molar-refractivity contribution in [1.82, 2.24) is 5.32 Å². The number of halogens is 1. The summed E-state index contributed by atoms with van der Waals surface area (Å²) in [7, 11) is 0. The Kier molecular flexibility index (Phi) is 13.9. The molecule has 1 aromatic rings. The standard InChI is InChI=1S/C22H30ClNO6.Na.H/c1-2-7-19(25)29-21(16-8-4-3-5-9-16)30-22(27)24-15-6-10-20(26)28-18-13-11-17(23)12-14-18;;/h11-14,16,21H,2-10,15H2,1H3,(H,24,27);;. The van der Waals surface area contributed by atoms with Crippen LogP contribution in [0.4, 0.5) is 4.79 Å². The summed E-state index contributed by atoms with van der Waals surface area (Å²) in [6, 6.07) is 6.50. The van der Waals surface area contributed by atoms with E-state index in [1.165, 1.54) is 0 Å². The van der Waals surface area contributed by atoms with Crippen LogP contribution in [0.15, 0.2) is 24.3 Å². The fraction of sp³-hybridized carbons (Fsp3) is 0.591. The van der Waals surface area contributed by atoms with E-state index in [9.17, 15) is 14.4 Å². The zero-order valence-electron chi connectivity index (χ0n) is 17.4. The molecule has 1 atom stereocenters. The van der Waals surface area contributed by atoms with Crippen molar-refractivity contribution in [2.45, 2.75) is 71.0 Å². The number of amides is 1. The first-order chi connectivity index (χ1) is 14.5. The second kappa shape index (κ2) is 15.5. The maximum atomic E-state index is 12.1. The summed E-state index contributed by atoms with van der Waals surface area (Å²) in [4.78, 5) is 35.9. The number of carbonyl (C=O) groups excluding carboxylic acids is 3. The van der Waals surface area contributed by atoms with Crippen LogP contribution in [0, 0.1) is 5.92 Å². The summed E-state index contributed by atoms with van der Waals surface area (Å²) in [5.41, 5.74) is 0. The molecular formula is C22H31ClNNaO6. The van der Waals surface area contributed by atoms with Gasteiger partial charge in [-0.05, 0) is 49.9 Å². The Morgan fingerprint density at radius 2 is 1.71 bits per heavy atom. The Balaban J connectivity index is 0.00000480. The number of benzene rings is 1. The maximum absolute atomic E-state index is 12.1. The molecule has 1 saturated carbocycles. The molecule has 0 saturated heterocycles. The summed E-state index contributed by atoms with van der Waals surface area (Å²) < 4.78 is 16.0. The first-order valence-electron chi connectivity index (χ1n) is 10.6. The quantitative estimate of drug-likeness (QED) is 0.182. The fourth-order valence-electron chi connectivity index (χ4n) is 3.27. The van der Waals surface area contributed by atoms with Crippen molar-refractivity contribution in [3.63, 3.8) is 0 Å². The summed E-state index contributed by atoms with van der Waals surface area (Å²) in [5.74, 6) is -0.312. The Morgan fingerprint density at radius 3 is 2.35 bits per heavy atom. The van der Waals surface area contributed by atoms with Gasteiger partial charge in [0.25, 0.3) is 6.29 Å². The molecule has 1 aliphatic carbocycles. The van der Waals surface area contributed by atoms with Crippen LogP contribution >= 0.6 is 11.6 Å². The predicted octanol–water partition coefficient (Wildman–Crippen LogP) is 4.35. The van der Waals surface area contributed by atoms with Crippen LogP contribution in [0.25, 0.3) is 0 Å². The van der Waals surface area contributed by atoms with Gasteiger partial charge in [0.2, 0.25) is 0 Å². The normalized spacial score (nSPS) is 14.6. The Morgan fingerprint density at radius 1 is 1.03 bits per heavy atom. The average molecular weight is 464 g/mol. The number of carbonyl (C=O) groups is 3. The molecule has 1 aromatic carbocycles. The minimum atomic E-state index is -0.862. The molecule has 0 bridgehead atoms. The number of hydrogen-bond donors (Lipinski definition) is 1. The predicted molar refractivity (Wildman–Crippen MR) is 119 cm³/mol. The van der Waals surface area contributed by atoms with Crippen LogP contribution in [-0.2, 0) is 19.1 Å². The number of hydrogen-bond acceptors (Lipinski definition) is 6. The van der Waals surface area contributed by atoms with Crippen molar-refractivity contribution in [3.8, 4) is 5.75 Å². The van der Waals surface area contributed by atoms with Gasteiger partial charge in [0.15, 0.2) is 0 Å². The van der Waals surface area contributed by atoms with Gasteiger partial charge in [-0.25, -0.2) is 4.79 Å². The van der Waals surface area contributed by atoms with E-state index in [1.807, 2.05) is 6.92 Å². The molecule has 1 fully saturated rings. The molecule has 168 valence electrons. The summed E-state index contributed by atoms with van der Waals surface area (Å²) >= 11 is 5.79. The summed E-state index contributed by atoms with van der Waals surface area (Å²) in [5, 5.41) is 3.17. The molecule has 0 spiro atoms. The van der Waals surface area contributed by atoms with Crippen molar-refractivity contribution >= 4 is 59.2 Å². The molecule has 9 heteroatoms. The molecule has 1 amide bonds. The molecule has 0 aromatic heterocycles. The van der Waals surface area contributed by atoms with Crippen LogP contribution in [-0.4, -0.2) is 60.4 Å². The summed E-state index contributed by atoms with van der Waals surface area (Å²) in [6.07, 6.45) is 4.94. The zero-order valence-corrected chi connectivity index (χ0v) is 18.1. The topological polar surface area (TPSA) is 90.9 Å². The van der Waals surface area contributed by atoms with Crippen LogP contribution in [0.1, 0.15) is 64.7 Å². The Labute approximate surface area is 210 Å². The Bertz CT molecular complexity index is 694. The first-order valence-corrected chi connectivity index (χ1v) is 11.0. The van der Waals surface area contributed by atoms with Crippen LogP contribution in [0.5, 0.6) is 5.75 Å². The van der Waals surface area contributed by atoms with Crippen molar-refractivity contribution < 1.29 is 28.6 Å². The number of nitrogens with one attached hydrogen (secondary N) is 1. The Hall–Kier alpha value is -1.28. The monoisotopic (exact) mass is 463 g/mol. The van der Waals surface area contributed by atoms with Gasteiger partial charge in [-0.15, -0.1) is 0 Å². The van der Waals surface area contributed by atoms with Crippen molar-refractivity contribution in [2.75, 3.05) is 6.54 Å². The SMILES string of the molecule is CCCC(=O)OC(OC(=O)NCCCC(=O)Oc1ccc(Cl)cc1)C1CCCCC1.[NaH]. The summed E-state index contributed by atoms with van der Waals surface area (Å²) in [6.45, 7) is 2.14. The molecule has 7 nitrogen and oxygen atoms in total. The molecule has 1 unspecified atom stereocenters. The molecule has 31 heavy (non-hydrogen) atoms. The van der Waals surface area contributed by atoms with E-state index in [0.29, 0.717) is 30.0 Å². The van der Waals surface area contributed by atoms with Gasteiger partial charge in [-0.1, -0.05) is 37.8 Å². The van der Waals surface area contributed by atoms with E-state index in [4.69, 9.17) is 25.8 Å². The van der Waals surface area contributed by atoms with Gasteiger partial charge < -0.3 is 19.5 Å².